The second-order valence-corrected chi connectivity index (χ2v) is 5.23. The quantitative estimate of drug-likeness (QED) is 0.734. The smallest absolute Gasteiger partial charge is 0.308 e. The van der Waals surface area contributed by atoms with E-state index in [4.69, 9.17) is 5.11 Å². The molecule has 0 spiro atoms. The number of carboxylic acids is 1. The van der Waals surface area contributed by atoms with Crippen LogP contribution in [0, 0.1) is 11.8 Å². The molecule has 0 saturated carbocycles. The van der Waals surface area contributed by atoms with E-state index >= 15 is 0 Å². The molecule has 0 bridgehead atoms. The van der Waals surface area contributed by atoms with Gasteiger partial charge in [-0.05, 0) is 20.3 Å². The van der Waals surface area contributed by atoms with E-state index in [1.165, 1.54) is 0 Å². The highest BCUT2D eigenvalue weighted by molar-refractivity contribution is 5.89. The number of likely N-dealkylation sites (tertiary alicyclic amines) is 1. The van der Waals surface area contributed by atoms with E-state index in [2.05, 4.69) is 5.32 Å². The zero-order valence-electron chi connectivity index (χ0n) is 11.7. The lowest BCUT2D eigenvalue weighted by atomic mass is 10.1. The van der Waals surface area contributed by atoms with Gasteiger partial charge in [-0.15, -0.1) is 0 Å². The summed E-state index contributed by atoms with van der Waals surface area (Å²) in [5.41, 5.74) is 0. The van der Waals surface area contributed by atoms with Gasteiger partial charge in [-0.25, -0.2) is 0 Å². The van der Waals surface area contributed by atoms with Gasteiger partial charge in [0.15, 0.2) is 0 Å². The number of hydrogen-bond donors (Lipinski definition) is 2. The third kappa shape index (κ3) is 3.94. The zero-order chi connectivity index (χ0) is 14.6. The fraction of sp³-hybridized carbons (Fsp3) is 0.769. The van der Waals surface area contributed by atoms with E-state index in [1.807, 2.05) is 13.8 Å². The second kappa shape index (κ2) is 6.54. The van der Waals surface area contributed by atoms with Gasteiger partial charge in [0.25, 0.3) is 0 Å². The van der Waals surface area contributed by atoms with Crippen molar-refractivity contribution in [1.29, 1.82) is 0 Å². The maximum Gasteiger partial charge on any atom is 0.308 e. The van der Waals surface area contributed by atoms with Crippen LogP contribution in [-0.2, 0) is 14.4 Å². The van der Waals surface area contributed by atoms with Crippen molar-refractivity contribution in [3.05, 3.63) is 0 Å². The zero-order valence-corrected chi connectivity index (χ0v) is 11.7. The first-order chi connectivity index (χ1) is 8.86. The van der Waals surface area contributed by atoms with Crippen molar-refractivity contribution >= 4 is 17.8 Å². The molecule has 1 fully saturated rings. The Kier molecular flexibility index (Phi) is 5.32. The van der Waals surface area contributed by atoms with Crippen molar-refractivity contribution < 1.29 is 19.5 Å². The summed E-state index contributed by atoms with van der Waals surface area (Å²) < 4.78 is 0. The van der Waals surface area contributed by atoms with Crippen LogP contribution in [0.4, 0.5) is 0 Å². The van der Waals surface area contributed by atoms with Gasteiger partial charge in [0.2, 0.25) is 11.8 Å². The molecule has 2 atom stereocenters. The van der Waals surface area contributed by atoms with Gasteiger partial charge in [-0.2, -0.15) is 0 Å². The molecule has 1 aliphatic rings. The van der Waals surface area contributed by atoms with Crippen LogP contribution in [0.15, 0.2) is 0 Å². The minimum absolute atomic E-state index is 0.0135. The lowest BCUT2D eigenvalue weighted by Crippen LogP contribution is -2.38. The molecule has 2 unspecified atom stereocenters. The minimum atomic E-state index is -0.908. The molecule has 0 aromatic carbocycles. The van der Waals surface area contributed by atoms with Crippen LogP contribution in [0.2, 0.25) is 0 Å². The average Bonchev–Trinajstić information content (AvgIpc) is 2.71. The van der Waals surface area contributed by atoms with Crippen molar-refractivity contribution in [2.45, 2.75) is 39.7 Å². The van der Waals surface area contributed by atoms with Crippen molar-refractivity contribution in [2.24, 2.45) is 11.8 Å². The Morgan fingerprint density at radius 3 is 2.53 bits per heavy atom. The molecule has 6 heteroatoms. The Morgan fingerprint density at radius 1 is 1.47 bits per heavy atom. The molecule has 1 rings (SSSR count). The molecule has 1 heterocycles. The van der Waals surface area contributed by atoms with Gasteiger partial charge in [0, 0.05) is 25.6 Å². The summed E-state index contributed by atoms with van der Waals surface area (Å²) in [6, 6.07) is 0.0905. The normalized spacial score (nSPS) is 20.7. The lowest BCUT2D eigenvalue weighted by Gasteiger charge is -2.21. The average molecular weight is 270 g/mol. The number of rotatable bonds is 6. The lowest BCUT2D eigenvalue weighted by molar-refractivity contribution is -0.142. The third-order valence-electron chi connectivity index (χ3n) is 3.52. The molecule has 0 aromatic rings. The van der Waals surface area contributed by atoms with E-state index in [-0.39, 0.29) is 36.7 Å². The SMILES string of the molecule is CCC(CNC(=O)C1CC(=O)N(C(C)C)C1)C(=O)O. The van der Waals surface area contributed by atoms with E-state index in [0.29, 0.717) is 13.0 Å². The molecule has 1 saturated heterocycles. The molecule has 0 radical (unpaired) electrons. The van der Waals surface area contributed by atoms with Gasteiger partial charge in [-0.1, -0.05) is 6.92 Å². The maximum atomic E-state index is 11.9. The first-order valence-corrected chi connectivity index (χ1v) is 6.66. The fourth-order valence-corrected chi connectivity index (χ4v) is 2.18. The Hall–Kier alpha value is -1.59. The van der Waals surface area contributed by atoms with Crippen molar-refractivity contribution in [3.63, 3.8) is 0 Å². The van der Waals surface area contributed by atoms with Gasteiger partial charge in [-0.3, -0.25) is 14.4 Å². The third-order valence-corrected chi connectivity index (χ3v) is 3.52. The molecule has 108 valence electrons. The summed E-state index contributed by atoms with van der Waals surface area (Å²) in [5, 5.41) is 11.5. The van der Waals surface area contributed by atoms with Crippen LogP contribution >= 0.6 is 0 Å². The summed E-state index contributed by atoms with van der Waals surface area (Å²) in [5.74, 6) is -2.07. The number of amides is 2. The number of carboxylic acid groups (broad SMARTS) is 1. The van der Waals surface area contributed by atoms with Crippen molar-refractivity contribution in [3.8, 4) is 0 Å². The van der Waals surface area contributed by atoms with Crippen LogP contribution in [0.5, 0.6) is 0 Å². The molecule has 0 aromatic heterocycles. The Morgan fingerprint density at radius 2 is 2.11 bits per heavy atom. The summed E-state index contributed by atoms with van der Waals surface area (Å²) in [4.78, 5) is 36.1. The van der Waals surface area contributed by atoms with Crippen LogP contribution in [0.1, 0.15) is 33.6 Å². The second-order valence-electron chi connectivity index (χ2n) is 5.23. The highest BCUT2D eigenvalue weighted by Crippen LogP contribution is 2.20. The van der Waals surface area contributed by atoms with Crippen LogP contribution in [-0.4, -0.2) is 46.9 Å². The number of nitrogens with one attached hydrogen (secondary N) is 1. The summed E-state index contributed by atoms with van der Waals surface area (Å²) in [6.45, 7) is 6.14. The van der Waals surface area contributed by atoms with E-state index in [1.54, 1.807) is 11.8 Å². The Bertz CT molecular complexity index is 368. The molecule has 2 amide bonds. The summed E-state index contributed by atoms with van der Waals surface area (Å²) in [7, 11) is 0. The molecule has 0 aliphatic carbocycles. The van der Waals surface area contributed by atoms with Crippen LogP contribution in [0.25, 0.3) is 0 Å². The predicted molar refractivity (Wildman–Crippen MR) is 69.4 cm³/mol. The monoisotopic (exact) mass is 270 g/mol. The highest BCUT2D eigenvalue weighted by atomic mass is 16.4. The largest absolute Gasteiger partial charge is 0.481 e. The topological polar surface area (TPSA) is 86.7 Å². The molecular weight excluding hydrogens is 248 g/mol. The van der Waals surface area contributed by atoms with Crippen LogP contribution in [0.3, 0.4) is 0 Å². The van der Waals surface area contributed by atoms with Crippen molar-refractivity contribution in [1.82, 2.24) is 10.2 Å². The van der Waals surface area contributed by atoms with Crippen LogP contribution < -0.4 is 5.32 Å². The van der Waals surface area contributed by atoms with Crippen molar-refractivity contribution in [2.75, 3.05) is 13.1 Å². The van der Waals surface area contributed by atoms with E-state index < -0.39 is 11.9 Å². The number of carbonyl (C=O) groups is 3. The van der Waals surface area contributed by atoms with Gasteiger partial charge in [0.1, 0.15) is 0 Å². The number of aliphatic carboxylic acids is 1. The first kappa shape index (κ1) is 15.5. The molecule has 1 aliphatic heterocycles. The highest BCUT2D eigenvalue weighted by Gasteiger charge is 2.35. The Labute approximate surface area is 113 Å². The number of hydrogen-bond acceptors (Lipinski definition) is 3. The maximum absolute atomic E-state index is 11.9. The van der Waals surface area contributed by atoms with E-state index in [9.17, 15) is 14.4 Å². The first-order valence-electron chi connectivity index (χ1n) is 6.66. The molecule has 2 N–H and O–H groups in total. The number of nitrogens with zero attached hydrogens (tertiary/aromatic N) is 1. The standard InChI is InChI=1S/C13H22N2O4/c1-4-9(13(18)19)6-14-12(17)10-5-11(16)15(7-10)8(2)3/h8-10H,4-7H2,1-3H3,(H,14,17)(H,18,19). The molecule has 6 nitrogen and oxygen atoms in total. The summed E-state index contributed by atoms with van der Waals surface area (Å²) >= 11 is 0. The van der Waals surface area contributed by atoms with Gasteiger partial charge < -0.3 is 15.3 Å². The molecule has 19 heavy (non-hydrogen) atoms. The number of carbonyl (C=O) groups excluding carboxylic acids is 2. The van der Waals surface area contributed by atoms with Gasteiger partial charge >= 0.3 is 5.97 Å². The Balaban J connectivity index is 2.47. The minimum Gasteiger partial charge on any atom is -0.481 e. The summed E-state index contributed by atoms with van der Waals surface area (Å²) in [6.07, 6.45) is 0.686. The predicted octanol–water partition coefficient (Wildman–Crippen LogP) is 0.470. The fourth-order valence-electron chi connectivity index (χ4n) is 2.18. The van der Waals surface area contributed by atoms with E-state index in [0.717, 1.165) is 0 Å². The van der Waals surface area contributed by atoms with Gasteiger partial charge in [0.05, 0.1) is 11.8 Å². The molecular formula is C13H22N2O4.